The Hall–Kier alpha value is -1.15. The van der Waals surface area contributed by atoms with Crippen molar-refractivity contribution in [2.24, 2.45) is 0 Å². The number of hydrogen-bond donors (Lipinski definition) is 0. The van der Waals surface area contributed by atoms with Crippen LogP contribution in [0.15, 0.2) is 30.3 Å². The molecule has 1 aromatic rings. The minimum atomic E-state index is 0.287. The Morgan fingerprint density at radius 2 is 2.05 bits per heavy atom. The lowest BCUT2D eigenvalue weighted by Gasteiger charge is -2.35. The van der Waals surface area contributed by atoms with Crippen LogP contribution in [0.1, 0.15) is 62.2 Å². The molecule has 20 heavy (non-hydrogen) atoms. The minimum absolute atomic E-state index is 0.287. The Labute approximate surface area is 123 Å². The summed E-state index contributed by atoms with van der Waals surface area (Å²) in [5, 5.41) is 0. The number of nitrogens with zero attached hydrogens (tertiary/aromatic N) is 1. The van der Waals surface area contributed by atoms with E-state index in [1.165, 1.54) is 38.6 Å². The summed E-state index contributed by atoms with van der Waals surface area (Å²) in [6.07, 6.45) is 8.31. The Balaban J connectivity index is 1.75. The van der Waals surface area contributed by atoms with Gasteiger partial charge in [-0.3, -0.25) is 4.79 Å². The summed E-state index contributed by atoms with van der Waals surface area (Å²) >= 11 is 0. The van der Waals surface area contributed by atoms with Crippen LogP contribution in [0.4, 0.5) is 0 Å². The zero-order valence-corrected chi connectivity index (χ0v) is 12.7. The zero-order chi connectivity index (χ0) is 14.2. The lowest BCUT2D eigenvalue weighted by molar-refractivity contribution is 0.0957. The molecule has 1 atom stereocenters. The number of ketones is 1. The fourth-order valence-corrected chi connectivity index (χ4v) is 3.23. The monoisotopic (exact) mass is 273 g/mol. The molecule has 0 aliphatic carbocycles. The van der Waals surface area contributed by atoms with E-state index < -0.39 is 0 Å². The number of carbonyl (C=O) groups is 1. The average molecular weight is 273 g/mol. The van der Waals surface area contributed by atoms with Gasteiger partial charge in [-0.05, 0) is 38.8 Å². The largest absolute Gasteiger partial charge is 0.300 e. The van der Waals surface area contributed by atoms with Gasteiger partial charge in [-0.25, -0.2) is 0 Å². The molecule has 0 bridgehead atoms. The highest BCUT2D eigenvalue weighted by atomic mass is 16.1. The predicted octanol–water partition coefficient (Wildman–Crippen LogP) is 4.30. The average Bonchev–Trinajstić information content (AvgIpc) is 2.50. The van der Waals surface area contributed by atoms with Crippen molar-refractivity contribution in [2.45, 2.75) is 57.9 Å². The summed E-state index contributed by atoms with van der Waals surface area (Å²) in [5.74, 6) is 0.287. The topological polar surface area (TPSA) is 20.3 Å². The summed E-state index contributed by atoms with van der Waals surface area (Å²) < 4.78 is 0. The van der Waals surface area contributed by atoms with Gasteiger partial charge in [-0.1, -0.05) is 50.1 Å². The third-order valence-corrected chi connectivity index (χ3v) is 4.32. The van der Waals surface area contributed by atoms with Gasteiger partial charge in [0.25, 0.3) is 0 Å². The number of likely N-dealkylation sites (tertiary alicyclic amines) is 1. The van der Waals surface area contributed by atoms with Crippen molar-refractivity contribution in [3.8, 4) is 0 Å². The second-order valence-corrected chi connectivity index (χ2v) is 5.87. The molecule has 1 unspecified atom stereocenters. The molecule has 0 N–H and O–H groups in total. The van der Waals surface area contributed by atoms with Crippen LogP contribution < -0.4 is 0 Å². The van der Waals surface area contributed by atoms with E-state index in [9.17, 15) is 4.79 Å². The minimum Gasteiger partial charge on any atom is -0.300 e. The van der Waals surface area contributed by atoms with Crippen LogP contribution in [0.25, 0.3) is 0 Å². The molecular weight excluding hydrogens is 246 g/mol. The second kappa shape index (κ2) is 8.21. The molecule has 0 amide bonds. The van der Waals surface area contributed by atoms with Crippen molar-refractivity contribution in [3.05, 3.63) is 35.9 Å². The van der Waals surface area contributed by atoms with E-state index in [-0.39, 0.29) is 5.78 Å². The number of carbonyl (C=O) groups excluding carboxylic acids is 1. The Morgan fingerprint density at radius 1 is 1.25 bits per heavy atom. The summed E-state index contributed by atoms with van der Waals surface area (Å²) in [7, 11) is 0. The molecule has 1 aliphatic heterocycles. The van der Waals surface area contributed by atoms with Crippen molar-refractivity contribution >= 4 is 5.78 Å². The van der Waals surface area contributed by atoms with Crippen LogP contribution in [-0.4, -0.2) is 29.8 Å². The van der Waals surface area contributed by atoms with E-state index >= 15 is 0 Å². The van der Waals surface area contributed by atoms with E-state index in [4.69, 9.17) is 0 Å². The van der Waals surface area contributed by atoms with Crippen molar-refractivity contribution in [1.82, 2.24) is 4.90 Å². The van der Waals surface area contributed by atoms with E-state index in [1.54, 1.807) is 0 Å². The van der Waals surface area contributed by atoms with Gasteiger partial charge in [0.1, 0.15) is 0 Å². The fourth-order valence-electron chi connectivity index (χ4n) is 3.23. The first-order valence-corrected chi connectivity index (χ1v) is 8.13. The van der Waals surface area contributed by atoms with Gasteiger partial charge >= 0.3 is 0 Å². The SMILES string of the molecule is CCCC1CCCCN1CCCC(=O)c1ccccc1. The van der Waals surface area contributed by atoms with Crippen molar-refractivity contribution in [2.75, 3.05) is 13.1 Å². The van der Waals surface area contributed by atoms with Gasteiger partial charge in [-0.15, -0.1) is 0 Å². The first-order valence-electron chi connectivity index (χ1n) is 8.13. The third kappa shape index (κ3) is 4.45. The molecule has 2 rings (SSSR count). The van der Waals surface area contributed by atoms with Crippen LogP contribution in [-0.2, 0) is 0 Å². The Bertz CT molecular complexity index is 399. The highest BCUT2D eigenvalue weighted by molar-refractivity contribution is 5.95. The molecule has 2 heteroatoms. The van der Waals surface area contributed by atoms with Gasteiger partial charge in [0, 0.05) is 18.0 Å². The number of rotatable bonds is 7. The molecule has 1 heterocycles. The molecule has 0 aromatic heterocycles. The van der Waals surface area contributed by atoms with Gasteiger partial charge in [-0.2, -0.15) is 0 Å². The smallest absolute Gasteiger partial charge is 0.162 e. The van der Waals surface area contributed by atoms with Crippen molar-refractivity contribution < 1.29 is 4.79 Å². The highest BCUT2D eigenvalue weighted by Gasteiger charge is 2.21. The Morgan fingerprint density at radius 3 is 2.80 bits per heavy atom. The molecule has 1 aromatic carbocycles. The molecular formula is C18H27NO. The van der Waals surface area contributed by atoms with Gasteiger partial charge < -0.3 is 4.90 Å². The molecule has 110 valence electrons. The fraction of sp³-hybridized carbons (Fsp3) is 0.611. The maximum absolute atomic E-state index is 12.1. The van der Waals surface area contributed by atoms with E-state index in [1.807, 2.05) is 30.3 Å². The second-order valence-electron chi connectivity index (χ2n) is 5.87. The van der Waals surface area contributed by atoms with Crippen molar-refractivity contribution in [1.29, 1.82) is 0 Å². The maximum Gasteiger partial charge on any atom is 0.162 e. The summed E-state index contributed by atoms with van der Waals surface area (Å²) in [4.78, 5) is 14.7. The van der Waals surface area contributed by atoms with Gasteiger partial charge in [0.2, 0.25) is 0 Å². The summed E-state index contributed by atoms with van der Waals surface area (Å²) in [5.41, 5.74) is 0.858. The molecule has 1 saturated heterocycles. The normalized spacial score (nSPS) is 19.9. The number of benzene rings is 1. The van der Waals surface area contributed by atoms with Crippen LogP contribution in [0, 0.1) is 0 Å². The highest BCUT2D eigenvalue weighted by Crippen LogP contribution is 2.21. The third-order valence-electron chi connectivity index (χ3n) is 4.32. The predicted molar refractivity (Wildman–Crippen MR) is 84.1 cm³/mol. The summed E-state index contributed by atoms with van der Waals surface area (Å²) in [6.45, 7) is 4.58. The Kier molecular flexibility index (Phi) is 6.25. The maximum atomic E-state index is 12.1. The van der Waals surface area contributed by atoms with Crippen LogP contribution >= 0.6 is 0 Å². The van der Waals surface area contributed by atoms with Crippen LogP contribution in [0.2, 0.25) is 0 Å². The van der Waals surface area contributed by atoms with Crippen molar-refractivity contribution in [3.63, 3.8) is 0 Å². The molecule has 1 aliphatic rings. The van der Waals surface area contributed by atoms with Crippen LogP contribution in [0.3, 0.4) is 0 Å². The molecule has 0 radical (unpaired) electrons. The summed E-state index contributed by atoms with van der Waals surface area (Å²) in [6, 6.07) is 10.4. The number of Topliss-reactive ketones (excluding diaryl/α,β-unsaturated/α-hetero) is 1. The first-order chi connectivity index (χ1) is 9.81. The quantitative estimate of drug-likeness (QED) is 0.690. The lowest BCUT2D eigenvalue weighted by atomic mass is 9.97. The zero-order valence-electron chi connectivity index (χ0n) is 12.7. The standard InChI is InChI=1S/C18H27NO/c1-2-9-17-12-6-7-14-19(17)15-8-13-18(20)16-10-4-3-5-11-16/h3-5,10-11,17H,2,6-9,12-15H2,1H3. The number of piperidine rings is 1. The van der Waals surface area contributed by atoms with Crippen LogP contribution in [0.5, 0.6) is 0 Å². The number of hydrogen-bond acceptors (Lipinski definition) is 2. The lowest BCUT2D eigenvalue weighted by Crippen LogP contribution is -2.40. The van der Waals surface area contributed by atoms with E-state index in [2.05, 4.69) is 11.8 Å². The molecule has 0 spiro atoms. The van der Waals surface area contributed by atoms with Gasteiger partial charge in [0.15, 0.2) is 5.78 Å². The van der Waals surface area contributed by atoms with E-state index in [0.717, 1.165) is 24.6 Å². The molecule has 0 saturated carbocycles. The molecule has 2 nitrogen and oxygen atoms in total. The van der Waals surface area contributed by atoms with Gasteiger partial charge in [0.05, 0.1) is 0 Å². The first kappa shape index (κ1) is 15.2. The molecule has 1 fully saturated rings. The van der Waals surface area contributed by atoms with E-state index in [0.29, 0.717) is 6.42 Å².